The van der Waals surface area contributed by atoms with Crippen LogP contribution in [-0.2, 0) is 4.79 Å². The Bertz CT molecular complexity index is 475. The van der Waals surface area contributed by atoms with Gasteiger partial charge < -0.3 is 5.32 Å². The van der Waals surface area contributed by atoms with Gasteiger partial charge in [-0.25, -0.2) is 0 Å². The van der Waals surface area contributed by atoms with Gasteiger partial charge >= 0.3 is 0 Å². The number of nitro groups is 1. The fourth-order valence-electron chi connectivity index (χ4n) is 1.15. The second-order valence-corrected chi connectivity index (χ2v) is 4.54. The van der Waals surface area contributed by atoms with Crippen molar-refractivity contribution < 1.29 is 9.72 Å². The Kier molecular flexibility index (Phi) is 4.31. The first-order valence-electron chi connectivity index (χ1n) is 4.72. The van der Waals surface area contributed by atoms with Gasteiger partial charge in [0.2, 0.25) is 5.91 Å². The van der Waals surface area contributed by atoms with Crippen LogP contribution in [0.15, 0.2) is 12.1 Å². The van der Waals surface area contributed by atoms with Crippen LogP contribution in [0.25, 0.3) is 0 Å². The zero-order valence-electron chi connectivity index (χ0n) is 9.16. The van der Waals surface area contributed by atoms with E-state index in [4.69, 9.17) is 23.2 Å². The maximum atomic E-state index is 11.4. The Morgan fingerprint density at radius 1 is 1.53 bits per heavy atom. The average Bonchev–Trinajstić information content (AvgIpc) is 2.22. The largest absolute Gasteiger partial charge is 0.319 e. The molecule has 0 radical (unpaired) electrons. The molecule has 1 aromatic rings. The van der Waals surface area contributed by atoms with Crippen molar-refractivity contribution in [2.75, 3.05) is 5.32 Å². The number of hydrogen-bond donors (Lipinski definition) is 1. The third-order valence-corrected chi connectivity index (χ3v) is 2.70. The molecular weight excluding hydrogens is 267 g/mol. The first-order valence-corrected chi connectivity index (χ1v) is 5.54. The molecule has 0 bridgehead atoms. The van der Waals surface area contributed by atoms with Crippen LogP contribution < -0.4 is 5.32 Å². The molecule has 1 atom stereocenters. The molecule has 0 saturated heterocycles. The molecule has 1 unspecified atom stereocenters. The quantitative estimate of drug-likeness (QED) is 0.524. The van der Waals surface area contributed by atoms with Crippen LogP contribution in [0, 0.1) is 17.0 Å². The van der Waals surface area contributed by atoms with Gasteiger partial charge in [0, 0.05) is 11.1 Å². The van der Waals surface area contributed by atoms with Gasteiger partial charge in [0.1, 0.15) is 11.1 Å². The van der Waals surface area contributed by atoms with Crippen molar-refractivity contribution in [3.05, 3.63) is 32.8 Å². The predicted octanol–water partition coefficient (Wildman–Crippen LogP) is 3.12. The number of amides is 1. The number of benzene rings is 1. The highest BCUT2D eigenvalue weighted by atomic mass is 35.5. The standard InChI is InChI=1S/C10H10Cl2N2O3/c1-5-3-9(14(16)17)8(4-7(5)12)13-10(15)6(2)11/h3-4,6H,1-2H3,(H,13,15). The van der Waals surface area contributed by atoms with Gasteiger partial charge in [-0.15, -0.1) is 11.6 Å². The second kappa shape index (κ2) is 5.33. The summed E-state index contributed by atoms with van der Waals surface area (Å²) >= 11 is 11.4. The summed E-state index contributed by atoms with van der Waals surface area (Å²) in [6.07, 6.45) is 0. The van der Waals surface area contributed by atoms with Gasteiger partial charge in [-0.3, -0.25) is 14.9 Å². The van der Waals surface area contributed by atoms with E-state index < -0.39 is 16.2 Å². The Morgan fingerprint density at radius 2 is 2.12 bits per heavy atom. The van der Waals surface area contributed by atoms with Crippen molar-refractivity contribution >= 4 is 40.5 Å². The molecule has 0 fully saturated rings. The Hall–Kier alpha value is -1.33. The van der Waals surface area contributed by atoms with Crippen molar-refractivity contribution in [1.29, 1.82) is 0 Å². The van der Waals surface area contributed by atoms with E-state index in [2.05, 4.69) is 5.32 Å². The number of alkyl halides is 1. The number of carbonyl (C=O) groups excluding carboxylic acids is 1. The molecule has 0 aromatic heterocycles. The van der Waals surface area contributed by atoms with E-state index >= 15 is 0 Å². The van der Waals surface area contributed by atoms with Crippen molar-refractivity contribution in [3.63, 3.8) is 0 Å². The fourth-order valence-corrected chi connectivity index (χ4v) is 1.37. The Balaban J connectivity index is 3.17. The van der Waals surface area contributed by atoms with Crippen LogP contribution in [0.4, 0.5) is 11.4 Å². The van der Waals surface area contributed by atoms with Gasteiger partial charge in [-0.05, 0) is 25.5 Å². The summed E-state index contributed by atoms with van der Waals surface area (Å²) in [5.41, 5.74) is 0.399. The van der Waals surface area contributed by atoms with Crippen LogP contribution in [0.2, 0.25) is 5.02 Å². The summed E-state index contributed by atoms with van der Waals surface area (Å²) < 4.78 is 0. The van der Waals surface area contributed by atoms with Crippen molar-refractivity contribution in [1.82, 2.24) is 0 Å². The second-order valence-electron chi connectivity index (χ2n) is 3.48. The summed E-state index contributed by atoms with van der Waals surface area (Å²) in [7, 11) is 0. The predicted molar refractivity (Wildman–Crippen MR) is 66.8 cm³/mol. The Labute approximate surface area is 108 Å². The molecule has 17 heavy (non-hydrogen) atoms. The molecule has 1 rings (SSSR count). The van der Waals surface area contributed by atoms with Gasteiger partial charge in [0.15, 0.2) is 0 Å². The number of nitrogens with zero attached hydrogens (tertiary/aromatic N) is 1. The van der Waals surface area contributed by atoms with Gasteiger partial charge in [0.25, 0.3) is 5.69 Å². The molecule has 0 aliphatic heterocycles. The van der Waals surface area contributed by atoms with Crippen molar-refractivity contribution in [2.45, 2.75) is 19.2 Å². The van der Waals surface area contributed by atoms with E-state index in [1.165, 1.54) is 19.1 Å². The minimum atomic E-state index is -0.783. The number of anilines is 1. The molecule has 0 aliphatic rings. The van der Waals surface area contributed by atoms with Crippen LogP contribution >= 0.6 is 23.2 Å². The van der Waals surface area contributed by atoms with E-state index in [0.717, 1.165) is 0 Å². The highest BCUT2D eigenvalue weighted by molar-refractivity contribution is 6.33. The number of rotatable bonds is 3. The zero-order valence-corrected chi connectivity index (χ0v) is 10.7. The van der Waals surface area contributed by atoms with E-state index in [1.807, 2.05) is 0 Å². The third kappa shape index (κ3) is 3.31. The van der Waals surface area contributed by atoms with Crippen molar-refractivity contribution in [2.24, 2.45) is 0 Å². The lowest BCUT2D eigenvalue weighted by Crippen LogP contribution is -2.21. The van der Waals surface area contributed by atoms with E-state index in [9.17, 15) is 14.9 Å². The van der Waals surface area contributed by atoms with Crippen LogP contribution in [0.5, 0.6) is 0 Å². The maximum absolute atomic E-state index is 11.4. The lowest BCUT2D eigenvalue weighted by molar-refractivity contribution is -0.384. The van der Waals surface area contributed by atoms with Crippen LogP contribution in [0.3, 0.4) is 0 Å². The average molecular weight is 277 g/mol. The molecule has 0 spiro atoms. The topological polar surface area (TPSA) is 72.2 Å². The molecule has 0 saturated carbocycles. The number of aryl methyl sites for hydroxylation is 1. The molecule has 5 nitrogen and oxygen atoms in total. The van der Waals surface area contributed by atoms with Gasteiger partial charge in [-0.2, -0.15) is 0 Å². The third-order valence-electron chi connectivity index (χ3n) is 2.09. The Morgan fingerprint density at radius 3 is 2.59 bits per heavy atom. The number of halogens is 2. The van der Waals surface area contributed by atoms with Gasteiger partial charge in [-0.1, -0.05) is 11.6 Å². The SMILES string of the molecule is Cc1cc([N+](=O)[O-])c(NC(=O)C(C)Cl)cc1Cl. The highest BCUT2D eigenvalue weighted by Gasteiger charge is 2.19. The monoisotopic (exact) mass is 276 g/mol. The lowest BCUT2D eigenvalue weighted by Gasteiger charge is -2.08. The maximum Gasteiger partial charge on any atom is 0.293 e. The summed E-state index contributed by atoms with van der Waals surface area (Å²) in [5.74, 6) is -0.519. The number of nitro benzene ring substituents is 1. The van der Waals surface area contributed by atoms with E-state index in [0.29, 0.717) is 10.6 Å². The first-order chi connectivity index (χ1) is 7.82. The number of hydrogen-bond acceptors (Lipinski definition) is 3. The van der Waals surface area contributed by atoms with Crippen LogP contribution in [-0.4, -0.2) is 16.2 Å². The van der Waals surface area contributed by atoms with E-state index in [-0.39, 0.29) is 11.4 Å². The number of nitrogens with one attached hydrogen (secondary N) is 1. The molecule has 7 heteroatoms. The van der Waals surface area contributed by atoms with Gasteiger partial charge in [0.05, 0.1) is 4.92 Å². The summed E-state index contributed by atoms with van der Waals surface area (Å²) in [6.45, 7) is 3.11. The fraction of sp³-hybridized carbons (Fsp3) is 0.300. The molecule has 1 amide bonds. The summed E-state index contributed by atoms with van der Waals surface area (Å²) in [6, 6.07) is 2.64. The molecule has 1 N–H and O–H groups in total. The summed E-state index contributed by atoms with van der Waals surface area (Å²) in [4.78, 5) is 21.6. The highest BCUT2D eigenvalue weighted by Crippen LogP contribution is 2.30. The summed E-state index contributed by atoms with van der Waals surface area (Å²) in [5, 5.41) is 12.7. The molecule has 92 valence electrons. The smallest absolute Gasteiger partial charge is 0.293 e. The van der Waals surface area contributed by atoms with Crippen molar-refractivity contribution in [3.8, 4) is 0 Å². The minimum absolute atomic E-state index is 0.0445. The molecule has 1 aromatic carbocycles. The normalized spacial score (nSPS) is 12.0. The zero-order chi connectivity index (χ0) is 13.2. The first kappa shape index (κ1) is 13.7. The number of carbonyl (C=O) groups is 1. The minimum Gasteiger partial charge on any atom is -0.319 e. The van der Waals surface area contributed by atoms with E-state index in [1.54, 1.807) is 6.92 Å². The van der Waals surface area contributed by atoms with Crippen LogP contribution in [0.1, 0.15) is 12.5 Å². The molecular formula is C10H10Cl2N2O3. The molecule has 0 heterocycles. The lowest BCUT2D eigenvalue weighted by atomic mass is 10.2. The molecule has 0 aliphatic carbocycles.